The van der Waals surface area contributed by atoms with Gasteiger partial charge in [0.05, 0.1) is 13.3 Å². The van der Waals surface area contributed by atoms with Gasteiger partial charge in [0.25, 0.3) is 0 Å². The second kappa shape index (κ2) is 13.9. The second-order valence-corrected chi connectivity index (χ2v) is 1.93. The first-order chi connectivity index (χ1) is 4.54. The smallest absolute Gasteiger partial charge is 0.850 e. The third kappa shape index (κ3) is 34.7. The van der Waals surface area contributed by atoms with Crippen molar-refractivity contribution in [2.45, 2.75) is 26.1 Å². The van der Waals surface area contributed by atoms with Crippen molar-refractivity contribution in [2.75, 3.05) is 13.3 Å². The quantitative estimate of drug-likeness (QED) is 0.615. The van der Waals surface area contributed by atoms with Crippen LogP contribution < -0.4 is 10.2 Å². The van der Waals surface area contributed by atoms with E-state index in [0.717, 1.165) is 0 Å². The van der Waals surface area contributed by atoms with Crippen LogP contribution in [-0.4, -0.2) is 74.4 Å². The third-order valence-electron chi connectivity index (χ3n) is 0.435. The zero-order valence-electron chi connectivity index (χ0n) is 6.85. The third-order valence-corrected chi connectivity index (χ3v) is 0.435. The molecule has 0 spiro atoms. The van der Waals surface area contributed by atoms with E-state index in [4.69, 9.17) is 0 Å². The van der Waals surface area contributed by atoms with Crippen LogP contribution in [0, 0.1) is 0 Å². The molecule has 11 heavy (non-hydrogen) atoms. The van der Waals surface area contributed by atoms with Crippen LogP contribution in [0.1, 0.15) is 13.8 Å². The molecule has 0 N–H and O–H groups in total. The number of hydrogen-bond acceptors (Lipinski definition) is 2. The molecule has 2 unspecified atom stereocenters. The van der Waals surface area contributed by atoms with E-state index in [1.807, 2.05) is 0 Å². The van der Waals surface area contributed by atoms with Gasteiger partial charge in [-0.3, -0.25) is 8.78 Å². The van der Waals surface area contributed by atoms with Crippen molar-refractivity contribution in [1.82, 2.24) is 0 Å². The first-order valence-corrected chi connectivity index (χ1v) is 2.98. The standard InChI is InChI=1S/2C3H6FO.Ba/c2*1-3(5)2-4;/h2*3H,2H2,1H3;/q2*-1;+2. The molecule has 2 nitrogen and oxygen atoms in total. The molecule has 0 aliphatic heterocycles. The van der Waals surface area contributed by atoms with Crippen molar-refractivity contribution < 1.29 is 19.0 Å². The van der Waals surface area contributed by atoms with Gasteiger partial charge in [-0.25, -0.2) is 0 Å². The van der Waals surface area contributed by atoms with Gasteiger partial charge in [0.1, 0.15) is 0 Å². The van der Waals surface area contributed by atoms with Crippen LogP contribution in [0.2, 0.25) is 0 Å². The first kappa shape index (κ1) is 18.2. The second-order valence-electron chi connectivity index (χ2n) is 1.93. The Balaban J connectivity index is -0.000000107. The van der Waals surface area contributed by atoms with E-state index in [-0.39, 0.29) is 48.9 Å². The van der Waals surface area contributed by atoms with Crippen LogP contribution >= 0.6 is 0 Å². The van der Waals surface area contributed by atoms with Crippen molar-refractivity contribution in [3.8, 4) is 0 Å². The van der Waals surface area contributed by atoms with Gasteiger partial charge in [-0.1, -0.05) is 13.8 Å². The summed E-state index contributed by atoms with van der Waals surface area (Å²) in [6.07, 6.45) is -2.06. The summed E-state index contributed by atoms with van der Waals surface area (Å²) in [6, 6.07) is 0. The van der Waals surface area contributed by atoms with E-state index >= 15 is 0 Å². The molecule has 64 valence electrons. The molecule has 0 aromatic rings. The van der Waals surface area contributed by atoms with Crippen LogP contribution in [0.4, 0.5) is 8.78 Å². The number of alkyl halides is 2. The maximum atomic E-state index is 10.8. The maximum absolute atomic E-state index is 10.8. The van der Waals surface area contributed by atoms with Crippen molar-refractivity contribution >= 4 is 48.9 Å². The Hall–Kier alpha value is 1.35. The van der Waals surface area contributed by atoms with Gasteiger partial charge < -0.3 is 10.2 Å². The molecule has 0 saturated carbocycles. The summed E-state index contributed by atoms with van der Waals surface area (Å²) in [5.41, 5.74) is 0. The summed E-state index contributed by atoms with van der Waals surface area (Å²) in [5.74, 6) is 0. The van der Waals surface area contributed by atoms with E-state index < -0.39 is 25.6 Å². The minimum Gasteiger partial charge on any atom is -0.850 e. The summed E-state index contributed by atoms with van der Waals surface area (Å²) < 4.78 is 21.6. The van der Waals surface area contributed by atoms with Crippen molar-refractivity contribution in [3.05, 3.63) is 0 Å². The van der Waals surface area contributed by atoms with Crippen LogP contribution in [0.25, 0.3) is 0 Å². The van der Waals surface area contributed by atoms with Gasteiger partial charge in [-0.2, -0.15) is 0 Å². The van der Waals surface area contributed by atoms with E-state index in [1.165, 1.54) is 13.8 Å². The predicted octanol–water partition coefficient (Wildman–Crippen LogP) is -0.971. The molecule has 0 aliphatic carbocycles. The molecule has 0 radical (unpaired) electrons. The Bertz CT molecular complexity index is 54.5. The molecule has 2 atom stereocenters. The average molecular weight is 291 g/mol. The predicted molar refractivity (Wildman–Crippen MR) is 36.6 cm³/mol. The Morgan fingerprint density at radius 1 is 1.00 bits per heavy atom. The molecular weight excluding hydrogens is 279 g/mol. The summed E-state index contributed by atoms with van der Waals surface area (Å²) in [4.78, 5) is 0. The summed E-state index contributed by atoms with van der Waals surface area (Å²) in [5, 5.41) is 19.0. The fraction of sp³-hybridized carbons (Fsp3) is 1.00. The van der Waals surface area contributed by atoms with Crippen molar-refractivity contribution in [2.24, 2.45) is 0 Å². The van der Waals surface area contributed by atoms with Crippen LogP contribution in [0.3, 0.4) is 0 Å². The van der Waals surface area contributed by atoms with Gasteiger partial charge in [-0.05, 0) is 0 Å². The number of halogens is 2. The van der Waals surface area contributed by atoms with Gasteiger partial charge >= 0.3 is 48.9 Å². The molecular formula is C6H12BaF2O2. The number of hydrogen-bond donors (Lipinski definition) is 0. The molecule has 0 aliphatic rings. The topological polar surface area (TPSA) is 46.1 Å². The fourth-order valence-electron chi connectivity index (χ4n) is 0. The minimum atomic E-state index is -1.03. The molecule has 0 aromatic carbocycles. The van der Waals surface area contributed by atoms with Gasteiger partial charge in [0, 0.05) is 0 Å². The molecule has 0 bridgehead atoms. The molecule has 5 heteroatoms. The molecule has 0 fully saturated rings. The van der Waals surface area contributed by atoms with Gasteiger partial charge in [-0.15, -0.1) is 12.2 Å². The molecule has 0 rings (SSSR count). The normalized spacial score (nSPS) is 13.6. The largest absolute Gasteiger partial charge is 2.00 e. The Kier molecular flexibility index (Phi) is 23.0. The average Bonchev–Trinajstić information content (AvgIpc) is 1.89. The first-order valence-electron chi connectivity index (χ1n) is 2.98. The van der Waals surface area contributed by atoms with Gasteiger partial charge in [0.2, 0.25) is 0 Å². The SMILES string of the molecule is CC([O-])CF.CC([O-])CF.[Ba+2]. The molecule has 0 amide bonds. The zero-order valence-corrected chi connectivity index (χ0v) is 11.3. The van der Waals surface area contributed by atoms with Crippen LogP contribution in [-0.2, 0) is 0 Å². The minimum absolute atomic E-state index is 0. The van der Waals surface area contributed by atoms with Crippen molar-refractivity contribution in [1.29, 1.82) is 0 Å². The number of rotatable bonds is 2. The summed E-state index contributed by atoms with van der Waals surface area (Å²) in [6.45, 7) is 1.08. The van der Waals surface area contributed by atoms with E-state index in [1.54, 1.807) is 0 Å². The Morgan fingerprint density at radius 2 is 1.09 bits per heavy atom. The molecule has 0 heterocycles. The fourth-order valence-corrected chi connectivity index (χ4v) is 0. The van der Waals surface area contributed by atoms with E-state index in [2.05, 4.69) is 0 Å². The maximum Gasteiger partial charge on any atom is 2.00 e. The van der Waals surface area contributed by atoms with E-state index in [9.17, 15) is 19.0 Å². The van der Waals surface area contributed by atoms with Crippen LogP contribution in [0.15, 0.2) is 0 Å². The Labute approximate surface area is 106 Å². The molecule has 0 saturated heterocycles. The zero-order chi connectivity index (χ0) is 8.57. The van der Waals surface area contributed by atoms with Crippen molar-refractivity contribution in [3.63, 3.8) is 0 Å². The van der Waals surface area contributed by atoms with E-state index in [0.29, 0.717) is 0 Å². The van der Waals surface area contributed by atoms with Crippen LogP contribution in [0.5, 0.6) is 0 Å². The summed E-state index contributed by atoms with van der Waals surface area (Å²) >= 11 is 0. The monoisotopic (exact) mass is 292 g/mol. The summed E-state index contributed by atoms with van der Waals surface area (Å²) in [7, 11) is 0. The Morgan fingerprint density at radius 3 is 1.09 bits per heavy atom. The van der Waals surface area contributed by atoms with Gasteiger partial charge in [0.15, 0.2) is 0 Å². The molecule has 0 aromatic heterocycles.